The molecule has 0 unspecified atom stereocenters. The van der Waals surface area contributed by atoms with E-state index in [-0.39, 0.29) is 12.5 Å². The molecule has 0 amide bonds. The van der Waals surface area contributed by atoms with E-state index < -0.39 is 5.97 Å². The predicted molar refractivity (Wildman–Crippen MR) is 128 cm³/mol. The Morgan fingerprint density at radius 2 is 1.77 bits per heavy atom. The third kappa shape index (κ3) is 4.44. The van der Waals surface area contributed by atoms with Crippen LogP contribution in [0.25, 0.3) is 10.9 Å². The minimum atomic E-state index is -0.822. The fraction of sp³-hybridized carbons (Fsp3) is 0.192. The second-order valence-electron chi connectivity index (χ2n) is 7.95. The molecule has 5 heteroatoms. The number of carboxylic acids is 1. The fourth-order valence-corrected chi connectivity index (χ4v) is 4.35. The summed E-state index contributed by atoms with van der Waals surface area (Å²) >= 11 is 6.50. The van der Waals surface area contributed by atoms with Gasteiger partial charge in [0.15, 0.2) is 0 Å². The summed E-state index contributed by atoms with van der Waals surface area (Å²) in [5.41, 5.74) is 5.06. The lowest BCUT2D eigenvalue weighted by molar-refractivity contribution is -0.136. The number of nitrogens with zero attached hydrogens (tertiary/aromatic N) is 2. The van der Waals surface area contributed by atoms with E-state index in [2.05, 4.69) is 47.6 Å². The molecule has 0 atom stereocenters. The number of rotatable bonds is 7. The Morgan fingerprint density at radius 1 is 1.03 bits per heavy atom. The summed E-state index contributed by atoms with van der Waals surface area (Å²) in [6.45, 7) is 4.95. The zero-order valence-corrected chi connectivity index (χ0v) is 18.4. The molecular weight excluding hydrogens is 408 g/mol. The number of anilines is 2. The van der Waals surface area contributed by atoms with Crippen LogP contribution in [-0.4, -0.2) is 21.7 Å². The summed E-state index contributed by atoms with van der Waals surface area (Å²) in [5.74, 6) is -0.822. The zero-order valence-electron chi connectivity index (χ0n) is 17.6. The van der Waals surface area contributed by atoms with Crippen molar-refractivity contribution in [1.29, 1.82) is 0 Å². The minimum Gasteiger partial charge on any atom is -0.481 e. The van der Waals surface area contributed by atoms with Crippen LogP contribution < -0.4 is 4.90 Å². The highest BCUT2D eigenvalue weighted by molar-refractivity contribution is 6.33. The summed E-state index contributed by atoms with van der Waals surface area (Å²) in [4.78, 5) is 13.5. The summed E-state index contributed by atoms with van der Waals surface area (Å²) in [6, 6.07) is 24.5. The normalized spacial score (nSPS) is 11.2. The van der Waals surface area contributed by atoms with Gasteiger partial charge in [-0.1, -0.05) is 54.1 Å². The molecule has 4 aromatic rings. The summed E-state index contributed by atoms with van der Waals surface area (Å²) in [6.07, 6.45) is 1.97. The maximum absolute atomic E-state index is 11.3. The lowest BCUT2D eigenvalue weighted by atomic mass is 10.1. The number of fused-ring (bicyclic) bond motifs is 1. The first-order valence-electron chi connectivity index (χ1n) is 10.4. The van der Waals surface area contributed by atoms with Crippen molar-refractivity contribution in [3.63, 3.8) is 0 Å². The highest BCUT2D eigenvalue weighted by Crippen LogP contribution is 2.34. The number of para-hydroxylation sites is 2. The average molecular weight is 433 g/mol. The molecular formula is C26H25ClN2O2. The van der Waals surface area contributed by atoms with E-state index in [1.165, 1.54) is 0 Å². The van der Waals surface area contributed by atoms with E-state index in [1.54, 1.807) is 0 Å². The lowest BCUT2D eigenvalue weighted by Gasteiger charge is -2.30. The van der Waals surface area contributed by atoms with Gasteiger partial charge in [0.2, 0.25) is 0 Å². The maximum atomic E-state index is 11.3. The van der Waals surface area contributed by atoms with Crippen LogP contribution in [0.5, 0.6) is 0 Å². The molecule has 3 aromatic carbocycles. The largest absolute Gasteiger partial charge is 0.481 e. The molecule has 4 rings (SSSR count). The third-order valence-corrected chi connectivity index (χ3v) is 5.70. The lowest BCUT2D eigenvalue weighted by Crippen LogP contribution is -2.25. The first-order chi connectivity index (χ1) is 14.9. The number of benzene rings is 3. The van der Waals surface area contributed by atoms with E-state index in [0.29, 0.717) is 6.54 Å². The quantitative estimate of drug-likeness (QED) is 0.361. The monoisotopic (exact) mass is 432 g/mol. The van der Waals surface area contributed by atoms with Crippen LogP contribution in [0.4, 0.5) is 11.4 Å². The minimum absolute atomic E-state index is 0.0151. The molecule has 0 aliphatic rings. The number of aliphatic carboxylic acids is 1. The van der Waals surface area contributed by atoms with Crippen molar-refractivity contribution in [2.24, 2.45) is 0 Å². The van der Waals surface area contributed by atoms with Gasteiger partial charge in [-0.25, -0.2) is 0 Å². The summed E-state index contributed by atoms with van der Waals surface area (Å²) in [5, 5.41) is 11.0. The van der Waals surface area contributed by atoms with Crippen molar-refractivity contribution < 1.29 is 9.90 Å². The Hall–Kier alpha value is -3.24. The van der Waals surface area contributed by atoms with Crippen LogP contribution >= 0.6 is 11.6 Å². The molecule has 0 aliphatic heterocycles. The van der Waals surface area contributed by atoms with Gasteiger partial charge < -0.3 is 14.6 Å². The van der Waals surface area contributed by atoms with E-state index in [0.717, 1.165) is 38.4 Å². The van der Waals surface area contributed by atoms with Crippen LogP contribution in [0.2, 0.25) is 5.02 Å². The van der Waals surface area contributed by atoms with E-state index in [4.69, 9.17) is 11.6 Å². The van der Waals surface area contributed by atoms with Gasteiger partial charge in [0.05, 0.1) is 17.1 Å². The van der Waals surface area contributed by atoms with Gasteiger partial charge in [0.1, 0.15) is 0 Å². The Bertz CT molecular complexity index is 1230. The molecule has 1 heterocycles. The molecule has 0 saturated carbocycles. The number of halogens is 1. The van der Waals surface area contributed by atoms with Gasteiger partial charge >= 0.3 is 5.97 Å². The predicted octanol–water partition coefficient (Wildman–Crippen LogP) is 6.52. The first-order valence-corrected chi connectivity index (χ1v) is 10.7. The van der Waals surface area contributed by atoms with E-state index in [1.807, 2.05) is 54.7 Å². The van der Waals surface area contributed by atoms with Crippen LogP contribution in [0, 0.1) is 0 Å². The molecule has 1 N–H and O–H groups in total. The Labute approximate surface area is 187 Å². The van der Waals surface area contributed by atoms with Crippen LogP contribution in [-0.2, 0) is 17.8 Å². The Balaban J connectivity index is 1.71. The molecule has 0 saturated heterocycles. The number of hydrogen-bond acceptors (Lipinski definition) is 2. The van der Waals surface area contributed by atoms with Gasteiger partial charge in [-0.15, -0.1) is 0 Å². The van der Waals surface area contributed by atoms with Crippen molar-refractivity contribution >= 4 is 39.8 Å². The van der Waals surface area contributed by atoms with Crippen molar-refractivity contribution in [3.05, 3.63) is 95.1 Å². The summed E-state index contributed by atoms with van der Waals surface area (Å²) < 4.78 is 2.13. The maximum Gasteiger partial charge on any atom is 0.307 e. The molecule has 0 aliphatic carbocycles. The second-order valence-corrected chi connectivity index (χ2v) is 8.36. The van der Waals surface area contributed by atoms with Crippen molar-refractivity contribution in [3.8, 4) is 0 Å². The molecule has 0 spiro atoms. The van der Waals surface area contributed by atoms with Crippen LogP contribution in [0.15, 0.2) is 79.0 Å². The zero-order chi connectivity index (χ0) is 22.0. The van der Waals surface area contributed by atoms with Crippen LogP contribution in [0.1, 0.15) is 25.0 Å². The van der Waals surface area contributed by atoms with Gasteiger partial charge in [0.25, 0.3) is 0 Å². The Kier molecular flexibility index (Phi) is 6.01. The second kappa shape index (κ2) is 8.86. The topological polar surface area (TPSA) is 45.5 Å². The van der Waals surface area contributed by atoms with Gasteiger partial charge in [0, 0.05) is 35.4 Å². The van der Waals surface area contributed by atoms with Crippen LogP contribution in [0.3, 0.4) is 0 Å². The average Bonchev–Trinajstić information content (AvgIpc) is 3.06. The number of carbonyl (C=O) groups is 1. The van der Waals surface area contributed by atoms with Gasteiger partial charge in [-0.05, 0) is 55.3 Å². The van der Waals surface area contributed by atoms with Crippen molar-refractivity contribution in [2.75, 3.05) is 4.90 Å². The van der Waals surface area contributed by atoms with E-state index >= 15 is 0 Å². The molecule has 0 radical (unpaired) electrons. The highest BCUT2D eigenvalue weighted by atomic mass is 35.5. The van der Waals surface area contributed by atoms with E-state index in [9.17, 15) is 9.90 Å². The van der Waals surface area contributed by atoms with Crippen molar-refractivity contribution in [2.45, 2.75) is 32.9 Å². The molecule has 1 aromatic heterocycles. The first kappa shape index (κ1) is 21.0. The smallest absolute Gasteiger partial charge is 0.307 e. The fourth-order valence-electron chi connectivity index (χ4n) is 4.12. The van der Waals surface area contributed by atoms with Crippen molar-refractivity contribution in [1.82, 2.24) is 4.57 Å². The number of hydrogen-bond donors (Lipinski definition) is 1. The number of carboxylic acid groups (broad SMARTS) is 1. The highest BCUT2D eigenvalue weighted by Gasteiger charge is 2.17. The van der Waals surface area contributed by atoms with Gasteiger partial charge in [-0.3, -0.25) is 4.79 Å². The third-order valence-electron chi connectivity index (χ3n) is 5.38. The van der Waals surface area contributed by atoms with Gasteiger partial charge in [-0.2, -0.15) is 0 Å². The summed E-state index contributed by atoms with van der Waals surface area (Å²) in [7, 11) is 0. The molecule has 31 heavy (non-hydrogen) atoms. The molecule has 0 bridgehead atoms. The molecule has 158 valence electrons. The molecule has 4 nitrogen and oxygen atoms in total. The molecule has 0 fully saturated rings. The Morgan fingerprint density at radius 3 is 2.52 bits per heavy atom. The standard InChI is InChI=1S/C26H25ClN2O2/c1-18(2)29(25-13-6-4-11-23(25)27)21-9-7-8-19(14-21)16-28-17-20(15-26(30)31)22-10-3-5-12-24(22)28/h3-14,17-18H,15-16H2,1-2H3,(H,30,31). The SMILES string of the molecule is CC(C)N(c1cccc(Cn2cc(CC(=O)O)c3ccccc32)c1)c1ccccc1Cl. The number of aromatic nitrogens is 1.